The molecule has 0 aliphatic heterocycles. The lowest BCUT2D eigenvalue weighted by Gasteiger charge is -2.26. The molecule has 0 spiro atoms. The van der Waals surface area contributed by atoms with Gasteiger partial charge in [-0.05, 0) is 66.3 Å². The van der Waals surface area contributed by atoms with E-state index in [1.807, 2.05) is 6.20 Å². The lowest BCUT2D eigenvalue weighted by Crippen LogP contribution is -2.09. The Morgan fingerprint density at radius 1 is 0.952 bits per heavy atom. The maximum Gasteiger partial charge on any atom is 0.0349 e. The summed E-state index contributed by atoms with van der Waals surface area (Å²) in [5.41, 5.74) is 8.76. The Morgan fingerprint density at radius 3 is 2.67 bits per heavy atom. The minimum absolute atomic E-state index is 0.807. The largest absolute Gasteiger partial charge is 0.264 e. The Balaban J connectivity index is 1.74. The van der Waals surface area contributed by atoms with Crippen LogP contribution in [-0.4, -0.2) is 4.98 Å². The molecule has 1 heterocycles. The highest BCUT2D eigenvalue weighted by Crippen LogP contribution is 2.38. The van der Waals surface area contributed by atoms with Crippen molar-refractivity contribution in [1.82, 2.24) is 4.98 Å². The third-order valence-corrected chi connectivity index (χ3v) is 5.41. The summed E-state index contributed by atoms with van der Waals surface area (Å²) >= 11 is 0. The summed E-state index contributed by atoms with van der Waals surface area (Å²) in [5, 5.41) is 0. The van der Waals surface area contributed by atoms with Crippen molar-refractivity contribution in [1.29, 1.82) is 0 Å². The molecular weight excluding hydrogens is 254 g/mol. The highest BCUT2D eigenvalue weighted by Gasteiger charge is 2.21. The van der Waals surface area contributed by atoms with Crippen LogP contribution in [0.25, 0.3) is 11.1 Å². The Labute approximate surface area is 127 Å². The molecule has 2 aromatic rings. The van der Waals surface area contributed by atoms with Gasteiger partial charge >= 0.3 is 0 Å². The monoisotopic (exact) mass is 277 g/mol. The third kappa shape index (κ3) is 2.29. The van der Waals surface area contributed by atoms with Crippen LogP contribution in [-0.2, 0) is 12.8 Å². The van der Waals surface area contributed by atoms with Crippen LogP contribution in [0.15, 0.2) is 30.6 Å². The van der Waals surface area contributed by atoms with Crippen molar-refractivity contribution >= 4 is 0 Å². The summed E-state index contributed by atoms with van der Waals surface area (Å²) in [6.07, 6.45) is 13.4. The first kappa shape index (κ1) is 13.1. The molecule has 0 unspecified atom stereocenters. The second-order valence-electron chi connectivity index (χ2n) is 6.73. The molecular formula is C20H23N. The molecule has 21 heavy (non-hydrogen) atoms. The molecule has 0 saturated heterocycles. The van der Waals surface area contributed by atoms with Crippen LogP contribution in [0.1, 0.15) is 60.3 Å². The van der Waals surface area contributed by atoms with E-state index in [0.717, 1.165) is 5.92 Å². The van der Waals surface area contributed by atoms with E-state index in [-0.39, 0.29) is 0 Å². The smallest absolute Gasteiger partial charge is 0.0349 e. The van der Waals surface area contributed by atoms with Crippen molar-refractivity contribution in [3.63, 3.8) is 0 Å². The van der Waals surface area contributed by atoms with Crippen molar-refractivity contribution in [3.8, 4) is 11.1 Å². The summed E-state index contributed by atoms with van der Waals surface area (Å²) in [7, 11) is 0. The van der Waals surface area contributed by atoms with Crippen molar-refractivity contribution in [2.45, 2.75) is 57.8 Å². The van der Waals surface area contributed by atoms with E-state index in [0.29, 0.717) is 0 Å². The van der Waals surface area contributed by atoms with E-state index in [1.165, 1.54) is 72.8 Å². The van der Waals surface area contributed by atoms with Gasteiger partial charge in [-0.2, -0.15) is 0 Å². The van der Waals surface area contributed by atoms with E-state index >= 15 is 0 Å². The van der Waals surface area contributed by atoms with Gasteiger partial charge in [0.25, 0.3) is 0 Å². The fourth-order valence-corrected chi connectivity index (χ4v) is 4.19. The lowest BCUT2D eigenvalue weighted by molar-refractivity contribution is 0.443. The number of aromatic nitrogens is 1. The number of hydrogen-bond acceptors (Lipinski definition) is 1. The molecule has 0 bridgehead atoms. The van der Waals surface area contributed by atoms with Gasteiger partial charge < -0.3 is 0 Å². The Morgan fingerprint density at radius 2 is 1.81 bits per heavy atom. The van der Waals surface area contributed by atoms with Crippen molar-refractivity contribution < 1.29 is 0 Å². The first-order valence-corrected chi connectivity index (χ1v) is 8.39. The SMILES string of the molecule is Cc1cncc2c1CCc1cc(C3CCCCC3)ccc1-2. The maximum atomic E-state index is 4.41. The zero-order valence-electron chi connectivity index (χ0n) is 12.9. The van der Waals surface area contributed by atoms with E-state index in [1.54, 1.807) is 5.56 Å². The van der Waals surface area contributed by atoms with Crippen molar-refractivity contribution in [3.05, 3.63) is 52.8 Å². The molecule has 1 fully saturated rings. The number of fused-ring (bicyclic) bond motifs is 3. The van der Waals surface area contributed by atoms with Crippen molar-refractivity contribution in [2.24, 2.45) is 0 Å². The van der Waals surface area contributed by atoms with Crippen molar-refractivity contribution in [2.75, 3.05) is 0 Å². The lowest BCUT2D eigenvalue weighted by atomic mass is 9.79. The Hall–Kier alpha value is -1.63. The first-order valence-electron chi connectivity index (χ1n) is 8.39. The van der Waals surface area contributed by atoms with Gasteiger partial charge in [-0.3, -0.25) is 4.98 Å². The highest BCUT2D eigenvalue weighted by atomic mass is 14.6. The third-order valence-electron chi connectivity index (χ3n) is 5.41. The zero-order valence-corrected chi connectivity index (χ0v) is 12.9. The number of aryl methyl sites for hydroxylation is 2. The van der Waals surface area contributed by atoms with Gasteiger partial charge in [0.1, 0.15) is 0 Å². The number of benzene rings is 1. The van der Waals surface area contributed by atoms with Gasteiger partial charge in [-0.15, -0.1) is 0 Å². The minimum atomic E-state index is 0.807. The van der Waals surface area contributed by atoms with Gasteiger partial charge in [0, 0.05) is 18.0 Å². The zero-order chi connectivity index (χ0) is 14.2. The van der Waals surface area contributed by atoms with Crippen LogP contribution >= 0.6 is 0 Å². The Kier molecular flexibility index (Phi) is 3.29. The molecule has 0 amide bonds. The average molecular weight is 277 g/mol. The molecule has 1 aromatic carbocycles. The topological polar surface area (TPSA) is 12.9 Å². The first-order chi connectivity index (χ1) is 10.3. The molecule has 0 atom stereocenters. The van der Waals surface area contributed by atoms with Gasteiger partial charge in [0.05, 0.1) is 0 Å². The quantitative estimate of drug-likeness (QED) is 0.698. The summed E-state index contributed by atoms with van der Waals surface area (Å²) in [6.45, 7) is 2.19. The maximum absolute atomic E-state index is 4.41. The molecule has 1 aromatic heterocycles. The predicted octanol–water partition coefficient (Wildman–Crippen LogP) is 5.20. The van der Waals surface area contributed by atoms with Gasteiger partial charge in [-0.25, -0.2) is 0 Å². The number of rotatable bonds is 1. The van der Waals surface area contributed by atoms with Crippen LogP contribution < -0.4 is 0 Å². The Bertz CT molecular complexity index is 666. The van der Waals surface area contributed by atoms with Gasteiger partial charge in [-0.1, -0.05) is 37.5 Å². The van der Waals surface area contributed by atoms with Gasteiger partial charge in [0.15, 0.2) is 0 Å². The number of pyridine rings is 1. The van der Waals surface area contributed by atoms with E-state index in [4.69, 9.17) is 0 Å². The second-order valence-corrected chi connectivity index (χ2v) is 6.73. The van der Waals surface area contributed by atoms with Gasteiger partial charge in [0.2, 0.25) is 0 Å². The average Bonchev–Trinajstić information content (AvgIpc) is 2.55. The van der Waals surface area contributed by atoms with E-state index < -0.39 is 0 Å². The van der Waals surface area contributed by atoms with E-state index in [2.05, 4.69) is 36.3 Å². The van der Waals surface area contributed by atoms with Crippen LogP contribution in [0.3, 0.4) is 0 Å². The summed E-state index contributed by atoms with van der Waals surface area (Å²) in [5.74, 6) is 0.807. The second kappa shape index (κ2) is 5.29. The van der Waals surface area contributed by atoms with E-state index in [9.17, 15) is 0 Å². The number of nitrogens with zero attached hydrogens (tertiary/aromatic N) is 1. The highest BCUT2D eigenvalue weighted by molar-refractivity contribution is 5.73. The molecule has 1 heteroatoms. The summed E-state index contributed by atoms with van der Waals surface area (Å²) in [6, 6.07) is 7.24. The molecule has 4 rings (SSSR count). The molecule has 0 N–H and O–H groups in total. The molecule has 1 nitrogen and oxygen atoms in total. The predicted molar refractivity (Wildman–Crippen MR) is 87.6 cm³/mol. The van der Waals surface area contributed by atoms with Crippen LogP contribution in [0.2, 0.25) is 0 Å². The molecule has 1 saturated carbocycles. The van der Waals surface area contributed by atoms with Crippen LogP contribution in [0.5, 0.6) is 0 Å². The fraction of sp³-hybridized carbons (Fsp3) is 0.450. The van der Waals surface area contributed by atoms with Crippen LogP contribution in [0.4, 0.5) is 0 Å². The molecule has 0 radical (unpaired) electrons. The fourth-order valence-electron chi connectivity index (χ4n) is 4.19. The summed E-state index contributed by atoms with van der Waals surface area (Å²) in [4.78, 5) is 4.41. The normalized spacial score (nSPS) is 18.1. The molecule has 2 aliphatic carbocycles. The number of hydrogen-bond donors (Lipinski definition) is 0. The minimum Gasteiger partial charge on any atom is -0.264 e. The van der Waals surface area contributed by atoms with Crippen LogP contribution in [0, 0.1) is 6.92 Å². The summed E-state index contributed by atoms with van der Waals surface area (Å²) < 4.78 is 0. The molecule has 2 aliphatic rings. The standard InChI is InChI=1S/C20H23N/c1-14-12-21-13-20-18(14)9-8-17-11-16(7-10-19(17)20)15-5-3-2-4-6-15/h7,10-13,15H,2-6,8-9H2,1H3. The molecule has 108 valence electrons.